The first-order valence-electron chi connectivity index (χ1n) is 7.06. The molecule has 0 spiro atoms. The Kier molecular flexibility index (Phi) is 7.77. The molecule has 1 N–H and O–H groups in total. The van der Waals surface area contributed by atoms with Gasteiger partial charge in [-0.2, -0.15) is 0 Å². The molecule has 0 aliphatic carbocycles. The van der Waals surface area contributed by atoms with Gasteiger partial charge in [0.1, 0.15) is 0 Å². The minimum absolute atomic E-state index is 0.0280. The van der Waals surface area contributed by atoms with Crippen molar-refractivity contribution in [2.24, 2.45) is 0 Å². The van der Waals surface area contributed by atoms with E-state index >= 15 is 0 Å². The van der Waals surface area contributed by atoms with Crippen molar-refractivity contribution in [3.8, 4) is 0 Å². The lowest BCUT2D eigenvalue weighted by Gasteiger charge is -2.19. The zero-order valence-electron chi connectivity index (χ0n) is 12.9. The van der Waals surface area contributed by atoms with Crippen LogP contribution in [0, 0.1) is 0 Å². The number of carbonyl (C=O) groups is 1. The lowest BCUT2D eigenvalue weighted by atomic mass is 10.4. The molecule has 2 heterocycles. The van der Waals surface area contributed by atoms with Crippen LogP contribution in [-0.4, -0.2) is 39.8 Å². The number of amides is 1. The Morgan fingerprint density at radius 2 is 2.17 bits per heavy atom. The molecule has 0 aliphatic heterocycles. The Morgan fingerprint density at radius 3 is 2.83 bits per heavy atom. The SMILES string of the molecule is C=CCNc1nnc(SCC(=O)N(CC=C)Cc2ccc(Cl)s2)s1. The molecule has 0 atom stereocenters. The molecule has 9 heteroatoms. The van der Waals surface area contributed by atoms with Crippen LogP contribution in [0.5, 0.6) is 0 Å². The van der Waals surface area contributed by atoms with Gasteiger partial charge >= 0.3 is 0 Å². The number of halogens is 1. The normalized spacial score (nSPS) is 10.4. The van der Waals surface area contributed by atoms with Crippen molar-refractivity contribution in [2.75, 3.05) is 24.2 Å². The van der Waals surface area contributed by atoms with Crippen LogP contribution in [0.2, 0.25) is 4.34 Å². The molecule has 2 aromatic rings. The second kappa shape index (κ2) is 9.83. The Hall–Kier alpha value is -1.35. The number of hydrogen-bond donors (Lipinski definition) is 1. The van der Waals surface area contributed by atoms with Crippen LogP contribution < -0.4 is 5.32 Å². The van der Waals surface area contributed by atoms with E-state index in [0.29, 0.717) is 25.4 Å². The molecule has 0 saturated heterocycles. The minimum Gasteiger partial charge on any atom is -0.357 e. The average Bonchev–Trinajstić information content (AvgIpc) is 3.19. The van der Waals surface area contributed by atoms with Gasteiger partial charge in [-0.15, -0.1) is 34.7 Å². The Balaban J connectivity index is 1.88. The molecule has 1 amide bonds. The maximum atomic E-state index is 12.5. The summed E-state index contributed by atoms with van der Waals surface area (Å²) in [7, 11) is 0. The number of anilines is 1. The summed E-state index contributed by atoms with van der Waals surface area (Å²) in [6, 6.07) is 3.78. The minimum atomic E-state index is 0.0280. The summed E-state index contributed by atoms with van der Waals surface area (Å²) in [6.07, 6.45) is 3.47. The van der Waals surface area contributed by atoms with E-state index in [9.17, 15) is 4.79 Å². The summed E-state index contributed by atoms with van der Waals surface area (Å²) in [6.45, 7) is 9.02. The average molecular weight is 401 g/mol. The number of nitrogens with zero attached hydrogens (tertiary/aromatic N) is 3. The highest BCUT2D eigenvalue weighted by molar-refractivity contribution is 8.01. The molecule has 5 nitrogen and oxygen atoms in total. The molecule has 24 heavy (non-hydrogen) atoms. The van der Waals surface area contributed by atoms with E-state index in [-0.39, 0.29) is 5.91 Å². The lowest BCUT2D eigenvalue weighted by molar-refractivity contribution is -0.128. The van der Waals surface area contributed by atoms with Gasteiger partial charge in [0.2, 0.25) is 11.0 Å². The second-order valence-corrected chi connectivity index (χ2v) is 8.60. The smallest absolute Gasteiger partial charge is 0.233 e. The van der Waals surface area contributed by atoms with Gasteiger partial charge in [0, 0.05) is 18.0 Å². The molecule has 0 saturated carbocycles. The van der Waals surface area contributed by atoms with Crippen LogP contribution in [0.4, 0.5) is 5.13 Å². The van der Waals surface area contributed by atoms with Crippen LogP contribution in [-0.2, 0) is 11.3 Å². The van der Waals surface area contributed by atoms with Crippen molar-refractivity contribution in [2.45, 2.75) is 10.9 Å². The van der Waals surface area contributed by atoms with Gasteiger partial charge in [-0.05, 0) is 12.1 Å². The first-order valence-corrected chi connectivity index (χ1v) is 10.1. The third-order valence-corrected chi connectivity index (χ3v) is 6.02. The predicted octanol–water partition coefficient (Wildman–Crippen LogP) is 4.16. The molecule has 2 rings (SSSR count). The van der Waals surface area contributed by atoms with E-state index in [1.165, 1.54) is 34.4 Å². The molecule has 2 aromatic heterocycles. The van der Waals surface area contributed by atoms with Gasteiger partial charge in [0.15, 0.2) is 4.34 Å². The molecular weight excluding hydrogens is 384 g/mol. The number of aromatic nitrogens is 2. The molecule has 0 fully saturated rings. The van der Waals surface area contributed by atoms with Gasteiger partial charge in [-0.25, -0.2) is 0 Å². The highest BCUT2D eigenvalue weighted by Crippen LogP contribution is 2.26. The Bertz CT molecular complexity index is 700. The number of hydrogen-bond acceptors (Lipinski definition) is 7. The lowest BCUT2D eigenvalue weighted by Crippen LogP contribution is -2.31. The van der Waals surface area contributed by atoms with Gasteiger partial charge in [-0.3, -0.25) is 4.79 Å². The van der Waals surface area contributed by atoms with Crippen LogP contribution >= 0.6 is 46.0 Å². The van der Waals surface area contributed by atoms with Gasteiger partial charge in [-0.1, -0.05) is 46.9 Å². The third kappa shape index (κ3) is 5.94. The van der Waals surface area contributed by atoms with Gasteiger partial charge in [0.25, 0.3) is 0 Å². The van der Waals surface area contributed by atoms with Crippen molar-refractivity contribution >= 4 is 57.1 Å². The number of nitrogens with one attached hydrogen (secondary N) is 1. The van der Waals surface area contributed by atoms with E-state index in [2.05, 4.69) is 28.7 Å². The second-order valence-electron chi connectivity index (χ2n) is 4.60. The summed E-state index contributed by atoms with van der Waals surface area (Å²) < 4.78 is 1.48. The summed E-state index contributed by atoms with van der Waals surface area (Å²) in [4.78, 5) is 15.3. The maximum absolute atomic E-state index is 12.5. The molecule has 0 radical (unpaired) electrons. The predicted molar refractivity (Wildman–Crippen MR) is 104 cm³/mol. The molecule has 128 valence electrons. The van der Waals surface area contributed by atoms with Crippen LogP contribution in [0.15, 0.2) is 41.8 Å². The quantitative estimate of drug-likeness (QED) is 0.479. The Morgan fingerprint density at radius 1 is 1.33 bits per heavy atom. The summed E-state index contributed by atoms with van der Waals surface area (Å²) in [5, 5.41) is 11.9. The maximum Gasteiger partial charge on any atom is 0.233 e. The molecule has 0 aliphatic rings. The fraction of sp³-hybridized carbons (Fsp3) is 0.267. The fourth-order valence-corrected chi connectivity index (χ4v) is 4.51. The van der Waals surface area contributed by atoms with Crippen LogP contribution in [0.25, 0.3) is 0 Å². The van der Waals surface area contributed by atoms with Crippen LogP contribution in [0.3, 0.4) is 0 Å². The van der Waals surface area contributed by atoms with Gasteiger partial charge < -0.3 is 10.2 Å². The third-order valence-electron chi connectivity index (χ3n) is 2.80. The van der Waals surface area contributed by atoms with E-state index in [0.717, 1.165) is 18.7 Å². The monoisotopic (exact) mass is 400 g/mol. The number of thiophene rings is 1. The van der Waals surface area contributed by atoms with Crippen molar-refractivity contribution in [3.05, 3.63) is 46.7 Å². The zero-order valence-corrected chi connectivity index (χ0v) is 16.1. The van der Waals surface area contributed by atoms with E-state index in [1.807, 2.05) is 12.1 Å². The number of rotatable bonds is 10. The standard InChI is InChI=1S/C15H17ClN4OS3/c1-3-7-17-14-18-19-15(24-14)22-10-13(21)20(8-4-2)9-11-5-6-12(16)23-11/h3-6H,1-2,7-10H2,(H,17,18). The van der Waals surface area contributed by atoms with Crippen LogP contribution in [0.1, 0.15) is 4.88 Å². The highest BCUT2D eigenvalue weighted by atomic mass is 35.5. The molecule has 0 aromatic carbocycles. The molecule has 0 bridgehead atoms. The topological polar surface area (TPSA) is 58.1 Å². The van der Waals surface area contributed by atoms with Crippen molar-refractivity contribution in [3.63, 3.8) is 0 Å². The zero-order chi connectivity index (χ0) is 17.4. The number of thioether (sulfide) groups is 1. The van der Waals surface area contributed by atoms with E-state index < -0.39 is 0 Å². The molecule has 0 unspecified atom stereocenters. The van der Waals surface area contributed by atoms with E-state index in [1.54, 1.807) is 17.1 Å². The first kappa shape index (κ1) is 19.0. The van der Waals surface area contributed by atoms with Crippen molar-refractivity contribution in [1.29, 1.82) is 0 Å². The first-order chi connectivity index (χ1) is 11.6. The van der Waals surface area contributed by atoms with Crippen molar-refractivity contribution < 1.29 is 4.79 Å². The summed E-state index contributed by atoms with van der Waals surface area (Å²) in [5.74, 6) is 0.337. The molecular formula is C15H17ClN4OS3. The number of carbonyl (C=O) groups excluding carboxylic acids is 1. The summed E-state index contributed by atoms with van der Waals surface area (Å²) >= 11 is 10.2. The largest absolute Gasteiger partial charge is 0.357 e. The highest BCUT2D eigenvalue weighted by Gasteiger charge is 2.15. The Labute approximate surface area is 158 Å². The summed E-state index contributed by atoms with van der Waals surface area (Å²) in [5.41, 5.74) is 0. The van der Waals surface area contributed by atoms with Crippen molar-refractivity contribution in [1.82, 2.24) is 15.1 Å². The van der Waals surface area contributed by atoms with Gasteiger partial charge in [0.05, 0.1) is 16.6 Å². The van der Waals surface area contributed by atoms with E-state index in [4.69, 9.17) is 11.6 Å². The fourth-order valence-electron chi connectivity index (χ4n) is 1.75.